The summed E-state index contributed by atoms with van der Waals surface area (Å²) in [5, 5.41) is 3.09. The molecule has 0 aromatic heterocycles. The van der Waals surface area contributed by atoms with Crippen molar-refractivity contribution in [1.29, 1.82) is 0 Å². The monoisotopic (exact) mass is 421 g/mol. The van der Waals surface area contributed by atoms with E-state index in [0.717, 1.165) is 17.7 Å². The van der Waals surface area contributed by atoms with Crippen molar-refractivity contribution in [2.45, 2.75) is 45.3 Å². The summed E-state index contributed by atoms with van der Waals surface area (Å²) in [4.78, 5) is 15.0. The molecular formula is C22H35N3O3S. The van der Waals surface area contributed by atoms with E-state index in [2.05, 4.69) is 17.1 Å². The normalized spacial score (nSPS) is 20.6. The molecule has 2 fully saturated rings. The Morgan fingerprint density at radius 2 is 1.72 bits per heavy atom. The number of hydrogen-bond donors (Lipinski definition) is 1. The first kappa shape index (κ1) is 22.2. The average Bonchev–Trinajstić information content (AvgIpc) is 3.21. The molecule has 2 aliphatic heterocycles. The molecule has 0 saturated carbocycles. The second-order valence-corrected chi connectivity index (χ2v) is 10.7. The van der Waals surface area contributed by atoms with E-state index in [9.17, 15) is 13.2 Å². The predicted octanol–water partition coefficient (Wildman–Crippen LogP) is 2.38. The fraction of sp³-hybridized carbons (Fsp3) is 0.682. The van der Waals surface area contributed by atoms with Gasteiger partial charge >= 0.3 is 0 Å². The number of piperidine rings is 1. The third-order valence-electron chi connectivity index (χ3n) is 6.08. The van der Waals surface area contributed by atoms with Crippen LogP contribution in [0.3, 0.4) is 0 Å². The van der Waals surface area contributed by atoms with Gasteiger partial charge in [0, 0.05) is 32.1 Å². The van der Waals surface area contributed by atoms with Crippen LogP contribution in [-0.4, -0.2) is 62.8 Å². The summed E-state index contributed by atoms with van der Waals surface area (Å²) in [6, 6.07) is 7.62. The van der Waals surface area contributed by atoms with Gasteiger partial charge in [-0.2, -0.15) is 0 Å². The lowest BCUT2D eigenvalue weighted by molar-refractivity contribution is -0.126. The third-order valence-corrected chi connectivity index (χ3v) is 7.93. The van der Waals surface area contributed by atoms with Gasteiger partial charge in [-0.3, -0.25) is 4.79 Å². The molecule has 2 aliphatic rings. The fourth-order valence-electron chi connectivity index (χ4n) is 4.27. The predicted molar refractivity (Wildman–Crippen MR) is 116 cm³/mol. The smallest absolute Gasteiger partial charge is 0.223 e. The van der Waals surface area contributed by atoms with Crippen molar-refractivity contribution in [1.82, 2.24) is 14.5 Å². The van der Waals surface area contributed by atoms with E-state index < -0.39 is 10.0 Å². The molecular weight excluding hydrogens is 386 g/mol. The van der Waals surface area contributed by atoms with Gasteiger partial charge in [0.05, 0.1) is 5.75 Å². The van der Waals surface area contributed by atoms with Gasteiger partial charge in [0.15, 0.2) is 0 Å². The summed E-state index contributed by atoms with van der Waals surface area (Å²) >= 11 is 0. The highest BCUT2D eigenvalue weighted by Crippen LogP contribution is 2.22. The first-order valence-electron chi connectivity index (χ1n) is 10.9. The van der Waals surface area contributed by atoms with E-state index in [-0.39, 0.29) is 17.6 Å². The maximum Gasteiger partial charge on any atom is 0.223 e. The van der Waals surface area contributed by atoms with Crippen molar-refractivity contribution in [2.75, 3.05) is 39.3 Å². The van der Waals surface area contributed by atoms with Gasteiger partial charge in [0.25, 0.3) is 0 Å². The molecule has 1 N–H and O–H groups in total. The first-order valence-corrected chi connectivity index (χ1v) is 12.5. The second-order valence-electron chi connectivity index (χ2n) is 8.77. The maximum atomic E-state index is 12.7. The Bertz CT molecular complexity index is 765. The Morgan fingerprint density at radius 3 is 2.34 bits per heavy atom. The van der Waals surface area contributed by atoms with E-state index in [1.54, 1.807) is 4.31 Å². The average molecular weight is 422 g/mol. The van der Waals surface area contributed by atoms with Gasteiger partial charge in [-0.1, -0.05) is 36.8 Å². The van der Waals surface area contributed by atoms with Crippen LogP contribution in [0.4, 0.5) is 0 Å². The lowest BCUT2D eigenvalue weighted by Crippen LogP contribution is -2.44. The number of nitrogens with zero attached hydrogens (tertiary/aromatic N) is 2. The zero-order valence-electron chi connectivity index (χ0n) is 17.8. The van der Waals surface area contributed by atoms with Gasteiger partial charge in [-0.15, -0.1) is 0 Å². The fourth-order valence-corrected chi connectivity index (χ4v) is 5.84. The summed E-state index contributed by atoms with van der Waals surface area (Å²) in [6.07, 6.45) is 3.76. The van der Waals surface area contributed by atoms with Crippen LogP contribution in [0.15, 0.2) is 24.3 Å². The van der Waals surface area contributed by atoms with Crippen LogP contribution in [0.1, 0.15) is 43.7 Å². The molecule has 6 nitrogen and oxygen atoms in total. The Hall–Kier alpha value is -1.44. The Labute approximate surface area is 175 Å². The van der Waals surface area contributed by atoms with E-state index >= 15 is 0 Å². The summed E-state index contributed by atoms with van der Waals surface area (Å²) in [5.41, 5.74) is 1.93. The quantitative estimate of drug-likeness (QED) is 0.700. The minimum atomic E-state index is -3.34. The van der Waals surface area contributed by atoms with E-state index in [0.29, 0.717) is 38.4 Å². The molecule has 0 radical (unpaired) electrons. The van der Waals surface area contributed by atoms with Gasteiger partial charge in [-0.25, -0.2) is 12.7 Å². The standard InChI is InChI=1S/C22H35N3O3S/c1-18-5-7-20(8-6-18)17-29(27,28)25-13-9-21(10-14-25)22(26)23-15-19(2)16-24-11-3-4-12-24/h5-8,19,21H,3-4,9-17H2,1-2H3,(H,23,26)/t19-/m0/s1. The van der Waals surface area contributed by atoms with Crippen LogP contribution >= 0.6 is 0 Å². The van der Waals surface area contributed by atoms with Crippen LogP contribution in [0.5, 0.6) is 0 Å². The van der Waals surface area contributed by atoms with Crippen molar-refractivity contribution in [3.63, 3.8) is 0 Å². The third kappa shape index (κ3) is 6.52. The summed E-state index contributed by atoms with van der Waals surface area (Å²) in [5.74, 6) is 0.457. The largest absolute Gasteiger partial charge is 0.356 e. The highest BCUT2D eigenvalue weighted by Gasteiger charge is 2.31. The molecule has 3 rings (SSSR count). The van der Waals surface area contributed by atoms with Gasteiger partial charge < -0.3 is 10.2 Å². The maximum absolute atomic E-state index is 12.7. The van der Waals surface area contributed by atoms with Gasteiger partial charge in [-0.05, 0) is 57.2 Å². The summed E-state index contributed by atoms with van der Waals surface area (Å²) in [6.45, 7) is 9.10. The van der Waals surface area contributed by atoms with E-state index in [1.807, 2.05) is 31.2 Å². The number of likely N-dealkylation sites (tertiary alicyclic amines) is 1. The lowest BCUT2D eigenvalue weighted by Gasteiger charge is -2.31. The van der Waals surface area contributed by atoms with Crippen LogP contribution in [0, 0.1) is 18.8 Å². The number of carbonyl (C=O) groups is 1. The molecule has 1 aromatic rings. The van der Waals surface area contributed by atoms with Gasteiger partial charge in [0.1, 0.15) is 0 Å². The van der Waals surface area contributed by atoms with E-state index in [1.165, 1.54) is 25.9 Å². The van der Waals surface area contributed by atoms with Crippen molar-refractivity contribution in [2.24, 2.45) is 11.8 Å². The van der Waals surface area contributed by atoms with E-state index in [4.69, 9.17) is 0 Å². The summed E-state index contributed by atoms with van der Waals surface area (Å²) in [7, 11) is -3.34. The zero-order chi connectivity index (χ0) is 20.9. The lowest BCUT2D eigenvalue weighted by atomic mass is 9.97. The second kappa shape index (κ2) is 10.0. The van der Waals surface area contributed by atoms with Crippen LogP contribution in [0.2, 0.25) is 0 Å². The number of nitrogens with one attached hydrogen (secondary N) is 1. The number of amides is 1. The SMILES string of the molecule is Cc1ccc(CS(=O)(=O)N2CCC(C(=O)NC[C@H](C)CN3CCCC3)CC2)cc1. The minimum Gasteiger partial charge on any atom is -0.356 e. The number of carbonyl (C=O) groups excluding carboxylic acids is 1. The molecule has 2 heterocycles. The Balaban J connectivity index is 1.41. The Morgan fingerprint density at radius 1 is 1.10 bits per heavy atom. The van der Waals surface area contributed by atoms with Crippen LogP contribution in [-0.2, 0) is 20.6 Å². The number of aryl methyl sites for hydroxylation is 1. The molecule has 29 heavy (non-hydrogen) atoms. The molecule has 2 saturated heterocycles. The van der Waals surface area contributed by atoms with Crippen molar-refractivity contribution in [3.8, 4) is 0 Å². The van der Waals surface area contributed by atoms with Crippen LogP contribution in [0.25, 0.3) is 0 Å². The zero-order valence-corrected chi connectivity index (χ0v) is 18.6. The van der Waals surface area contributed by atoms with Crippen LogP contribution < -0.4 is 5.32 Å². The molecule has 0 bridgehead atoms. The number of rotatable bonds is 8. The molecule has 7 heteroatoms. The molecule has 162 valence electrons. The van der Waals surface area contributed by atoms with Crippen molar-refractivity contribution in [3.05, 3.63) is 35.4 Å². The van der Waals surface area contributed by atoms with Crippen molar-refractivity contribution >= 4 is 15.9 Å². The first-order chi connectivity index (χ1) is 13.8. The summed E-state index contributed by atoms with van der Waals surface area (Å²) < 4.78 is 27.0. The Kier molecular flexibility index (Phi) is 7.71. The molecule has 0 spiro atoms. The minimum absolute atomic E-state index is 0.0260. The number of benzene rings is 1. The molecule has 1 atom stereocenters. The van der Waals surface area contributed by atoms with Gasteiger partial charge in [0.2, 0.25) is 15.9 Å². The number of hydrogen-bond acceptors (Lipinski definition) is 4. The highest BCUT2D eigenvalue weighted by molar-refractivity contribution is 7.88. The highest BCUT2D eigenvalue weighted by atomic mass is 32.2. The molecule has 0 aliphatic carbocycles. The molecule has 1 aromatic carbocycles. The van der Waals surface area contributed by atoms with Crippen molar-refractivity contribution < 1.29 is 13.2 Å². The molecule has 0 unspecified atom stereocenters. The topological polar surface area (TPSA) is 69.7 Å². The molecule has 1 amide bonds. The number of sulfonamides is 1.